The highest BCUT2D eigenvalue weighted by Gasteiger charge is 2.16. The lowest BCUT2D eigenvalue weighted by Gasteiger charge is -2.16. The van der Waals surface area contributed by atoms with Crippen LogP contribution in [0, 0.1) is 0 Å². The zero-order chi connectivity index (χ0) is 12.4. The smallest absolute Gasteiger partial charge is 0.317 e. The van der Waals surface area contributed by atoms with E-state index in [1.54, 1.807) is 0 Å². The van der Waals surface area contributed by atoms with Crippen LogP contribution in [-0.2, 0) is 17.8 Å². The van der Waals surface area contributed by atoms with Gasteiger partial charge in [0.05, 0.1) is 6.54 Å². The van der Waals surface area contributed by atoms with Crippen molar-refractivity contribution in [2.75, 3.05) is 32.1 Å². The monoisotopic (exact) mass is 234 g/mol. The molecule has 92 valence electrons. The van der Waals surface area contributed by atoms with Crippen molar-refractivity contribution in [2.45, 2.75) is 13.0 Å². The highest BCUT2D eigenvalue weighted by atomic mass is 16.4. The summed E-state index contributed by atoms with van der Waals surface area (Å²) in [5.41, 5.74) is 3.85. The molecule has 0 bridgehead atoms. The fourth-order valence-corrected chi connectivity index (χ4v) is 2.32. The predicted molar refractivity (Wildman–Crippen MR) is 67.4 cm³/mol. The third kappa shape index (κ3) is 2.77. The maximum absolute atomic E-state index is 10.6. The van der Waals surface area contributed by atoms with E-state index in [1.165, 1.54) is 16.8 Å². The van der Waals surface area contributed by atoms with Crippen LogP contribution in [0.3, 0.4) is 0 Å². The number of carboxylic acids is 1. The molecule has 17 heavy (non-hydrogen) atoms. The zero-order valence-corrected chi connectivity index (χ0v) is 10.3. The van der Waals surface area contributed by atoms with Crippen molar-refractivity contribution >= 4 is 11.7 Å². The van der Waals surface area contributed by atoms with Gasteiger partial charge in [0.2, 0.25) is 0 Å². The zero-order valence-electron chi connectivity index (χ0n) is 10.3. The number of hydrogen-bond donors (Lipinski definition) is 1. The molecule has 1 aromatic carbocycles. The second-order valence-electron chi connectivity index (χ2n) is 4.70. The third-order valence-corrected chi connectivity index (χ3v) is 3.13. The van der Waals surface area contributed by atoms with E-state index in [-0.39, 0.29) is 6.54 Å². The molecule has 1 aromatic rings. The van der Waals surface area contributed by atoms with Gasteiger partial charge in [-0.25, -0.2) is 0 Å². The molecule has 1 N–H and O–H groups in total. The summed E-state index contributed by atoms with van der Waals surface area (Å²) in [6, 6.07) is 6.41. The van der Waals surface area contributed by atoms with Gasteiger partial charge in [0.15, 0.2) is 0 Å². The van der Waals surface area contributed by atoms with Crippen molar-refractivity contribution in [3.8, 4) is 0 Å². The van der Waals surface area contributed by atoms with E-state index in [9.17, 15) is 4.79 Å². The van der Waals surface area contributed by atoms with Crippen molar-refractivity contribution in [1.82, 2.24) is 4.90 Å². The van der Waals surface area contributed by atoms with Gasteiger partial charge >= 0.3 is 5.97 Å². The van der Waals surface area contributed by atoms with Crippen molar-refractivity contribution in [2.24, 2.45) is 0 Å². The summed E-state index contributed by atoms with van der Waals surface area (Å²) < 4.78 is 0. The number of hydrogen-bond acceptors (Lipinski definition) is 3. The van der Waals surface area contributed by atoms with E-state index in [2.05, 4.69) is 30.1 Å². The molecule has 4 nitrogen and oxygen atoms in total. The molecule has 0 spiro atoms. The van der Waals surface area contributed by atoms with Gasteiger partial charge in [-0.05, 0) is 30.7 Å². The first-order valence-corrected chi connectivity index (χ1v) is 5.79. The van der Waals surface area contributed by atoms with Crippen LogP contribution in [0.2, 0.25) is 0 Å². The Hall–Kier alpha value is -1.55. The highest BCUT2D eigenvalue weighted by Crippen LogP contribution is 2.27. The lowest BCUT2D eigenvalue weighted by Crippen LogP contribution is -2.25. The fourth-order valence-electron chi connectivity index (χ4n) is 2.32. The number of nitrogens with zero attached hydrogens (tertiary/aromatic N) is 2. The minimum atomic E-state index is -0.784. The van der Waals surface area contributed by atoms with Crippen molar-refractivity contribution in [3.05, 3.63) is 29.3 Å². The normalized spacial score (nSPS) is 14.2. The average molecular weight is 234 g/mol. The van der Waals surface area contributed by atoms with Crippen LogP contribution in [-0.4, -0.2) is 43.2 Å². The molecular weight excluding hydrogens is 216 g/mol. The first-order valence-electron chi connectivity index (χ1n) is 5.79. The molecule has 1 aliphatic rings. The Bertz CT molecular complexity index is 431. The maximum atomic E-state index is 10.6. The lowest BCUT2D eigenvalue weighted by atomic mass is 10.1. The van der Waals surface area contributed by atoms with E-state index < -0.39 is 5.97 Å². The first kappa shape index (κ1) is 11.9. The van der Waals surface area contributed by atoms with Gasteiger partial charge in [0.1, 0.15) is 0 Å². The van der Waals surface area contributed by atoms with E-state index in [1.807, 2.05) is 11.9 Å². The number of fused-ring (bicyclic) bond motifs is 1. The largest absolute Gasteiger partial charge is 0.480 e. The van der Waals surface area contributed by atoms with Crippen LogP contribution in [0.5, 0.6) is 0 Å². The summed E-state index contributed by atoms with van der Waals surface area (Å²) in [4.78, 5) is 14.6. The van der Waals surface area contributed by atoms with Crippen LogP contribution in [0.1, 0.15) is 11.1 Å². The molecule has 0 aromatic heterocycles. The number of aliphatic carboxylic acids is 1. The third-order valence-electron chi connectivity index (χ3n) is 3.13. The van der Waals surface area contributed by atoms with Crippen LogP contribution < -0.4 is 4.90 Å². The summed E-state index contributed by atoms with van der Waals surface area (Å²) >= 11 is 0. The van der Waals surface area contributed by atoms with E-state index in [4.69, 9.17) is 5.11 Å². The highest BCUT2D eigenvalue weighted by molar-refractivity contribution is 5.69. The standard InChI is InChI=1S/C13H18N2O2/c1-14(9-13(16)17)8-10-3-4-12-11(7-10)5-6-15(12)2/h3-4,7H,5-6,8-9H2,1-2H3,(H,16,17). The second-order valence-corrected chi connectivity index (χ2v) is 4.70. The van der Waals surface area contributed by atoms with Crippen LogP contribution in [0.15, 0.2) is 18.2 Å². The van der Waals surface area contributed by atoms with Crippen LogP contribution in [0.25, 0.3) is 0 Å². The van der Waals surface area contributed by atoms with Gasteiger partial charge < -0.3 is 10.0 Å². The Balaban J connectivity index is 2.06. The SMILES string of the molecule is CN(CC(=O)O)Cc1ccc2c(c1)CCN2C. The molecular formula is C13H18N2O2. The summed E-state index contributed by atoms with van der Waals surface area (Å²) in [7, 11) is 3.93. The molecule has 0 saturated heterocycles. The molecule has 0 amide bonds. The molecule has 1 heterocycles. The number of rotatable bonds is 4. The summed E-state index contributed by atoms with van der Waals surface area (Å²) in [5, 5.41) is 8.70. The average Bonchev–Trinajstić information content (AvgIpc) is 2.58. The Morgan fingerprint density at radius 3 is 3.00 bits per heavy atom. The van der Waals surface area contributed by atoms with Crippen molar-refractivity contribution in [3.63, 3.8) is 0 Å². The lowest BCUT2D eigenvalue weighted by molar-refractivity contribution is -0.138. The van der Waals surface area contributed by atoms with E-state index in [0.29, 0.717) is 6.54 Å². The summed E-state index contributed by atoms with van der Waals surface area (Å²) in [6.45, 7) is 1.84. The van der Waals surface area contributed by atoms with Crippen LogP contribution in [0.4, 0.5) is 5.69 Å². The molecule has 1 aliphatic heterocycles. The number of carbonyl (C=O) groups is 1. The summed E-state index contributed by atoms with van der Waals surface area (Å²) in [6.07, 6.45) is 1.09. The molecule has 0 atom stereocenters. The number of likely N-dealkylation sites (N-methyl/N-ethyl adjacent to an activating group) is 2. The molecule has 0 unspecified atom stereocenters. The van der Waals surface area contributed by atoms with Gasteiger partial charge in [-0.1, -0.05) is 12.1 Å². The summed E-state index contributed by atoms with van der Waals surface area (Å²) in [5.74, 6) is -0.784. The van der Waals surface area contributed by atoms with Gasteiger partial charge in [-0.3, -0.25) is 9.69 Å². The first-order chi connectivity index (χ1) is 8.06. The van der Waals surface area contributed by atoms with E-state index >= 15 is 0 Å². The van der Waals surface area contributed by atoms with Gasteiger partial charge in [-0.15, -0.1) is 0 Å². The molecule has 4 heteroatoms. The van der Waals surface area contributed by atoms with Crippen molar-refractivity contribution < 1.29 is 9.90 Å². The predicted octanol–water partition coefficient (Wildman–Crippen LogP) is 1.20. The second kappa shape index (κ2) is 4.75. The number of carboxylic acid groups (broad SMARTS) is 1. The number of anilines is 1. The quantitative estimate of drug-likeness (QED) is 0.850. The Morgan fingerprint density at radius 1 is 1.53 bits per heavy atom. The van der Waals surface area contributed by atoms with Gasteiger partial charge in [0, 0.05) is 25.8 Å². The Morgan fingerprint density at radius 2 is 2.29 bits per heavy atom. The minimum absolute atomic E-state index is 0.0803. The topological polar surface area (TPSA) is 43.8 Å². The molecule has 0 aliphatic carbocycles. The molecule has 0 radical (unpaired) electrons. The minimum Gasteiger partial charge on any atom is -0.480 e. The molecule has 0 fully saturated rings. The fraction of sp³-hybridized carbons (Fsp3) is 0.462. The Kier molecular flexibility index (Phi) is 3.33. The Labute approximate surface area is 101 Å². The van der Waals surface area contributed by atoms with Gasteiger partial charge in [0.25, 0.3) is 0 Å². The molecule has 2 rings (SSSR count). The van der Waals surface area contributed by atoms with Crippen LogP contribution >= 0.6 is 0 Å². The van der Waals surface area contributed by atoms with E-state index in [0.717, 1.165) is 13.0 Å². The number of benzene rings is 1. The van der Waals surface area contributed by atoms with Gasteiger partial charge in [-0.2, -0.15) is 0 Å². The molecule has 0 saturated carbocycles. The maximum Gasteiger partial charge on any atom is 0.317 e. The van der Waals surface area contributed by atoms with Crippen molar-refractivity contribution in [1.29, 1.82) is 0 Å².